The molecule has 0 aliphatic carbocycles. The fraction of sp³-hybridized carbons (Fsp3) is 0.235. The number of carboxylic acids is 1. The van der Waals surface area contributed by atoms with Crippen LogP contribution in [0.3, 0.4) is 0 Å². The quantitative estimate of drug-likeness (QED) is 0.856. The Labute approximate surface area is 124 Å². The molecule has 0 fully saturated rings. The fourth-order valence-corrected chi connectivity index (χ4v) is 2.16. The van der Waals surface area contributed by atoms with Crippen LogP contribution < -0.4 is 10.1 Å². The number of ether oxygens (including phenoxy) is 1. The number of carbonyl (C=O) groups is 1. The van der Waals surface area contributed by atoms with Crippen LogP contribution in [0.25, 0.3) is 0 Å². The summed E-state index contributed by atoms with van der Waals surface area (Å²) in [5.74, 6) is -0.354. The third kappa shape index (κ3) is 3.83. The molecule has 0 saturated carbocycles. The summed E-state index contributed by atoms with van der Waals surface area (Å²) in [7, 11) is 1.54. The van der Waals surface area contributed by atoms with Crippen molar-refractivity contribution in [2.45, 2.75) is 19.5 Å². The Bertz CT molecular complexity index is 608. The Morgan fingerprint density at radius 1 is 1.19 bits per heavy atom. The molecule has 0 spiro atoms. The summed E-state index contributed by atoms with van der Waals surface area (Å²) < 4.78 is 5.24. The van der Waals surface area contributed by atoms with Crippen molar-refractivity contribution in [3.05, 3.63) is 65.2 Å². The molecule has 0 saturated heterocycles. The zero-order valence-corrected chi connectivity index (χ0v) is 12.2. The van der Waals surface area contributed by atoms with E-state index in [1.54, 1.807) is 18.2 Å². The van der Waals surface area contributed by atoms with Gasteiger partial charge in [0, 0.05) is 12.1 Å². The zero-order valence-electron chi connectivity index (χ0n) is 12.2. The maximum atomic E-state index is 11.5. The van der Waals surface area contributed by atoms with Gasteiger partial charge in [-0.1, -0.05) is 48.0 Å². The Balaban J connectivity index is 2.16. The Morgan fingerprint density at radius 2 is 1.86 bits per heavy atom. The molecule has 0 heterocycles. The van der Waals surface area contributed by atoms with Crippen molar-refractivity contribution >= 4 is 5.97 Å². The van der Waals surface area contributed by atoms with Gasteiger partial charge in [-0.05, 0) is 18.6 Å². The molecule has 0 amide bonds. The van der Waals surface area contributed by atoms with E-state index >= 15 is 0 Å². The lowest BCUT2D eigenvalue weighted by molar-refractivity contribution is -0.139. The lowest BCUT2D eigenvalue weighted by Gasteiger charge is -2.17. The van der Waals surface area contributed by atoms with E-state index in [4.69, 9.17) is 4.74 Å². The highest BCUT2D eigenvalue weighted by Gasteiger charge is 2.22. The van der Waals surface area contributed by atoms with Gasteiger partial charge < -0.3 is 9.84 Å². The Morgan fingerprint density at radius 3 is 2.48 bits per heavy atom. The summed E-state index contributed by atoms with van der Waals surface area (Å²) in [4.78, 5) is 11.5. The van der Waals surface area contributed by atoms with Gasteiger partial charge in [-0.3, -0.25) is 10.1 Å². The molecule has 0 bridgehead atoms. The molecule has 4 heteroatoms. The van der Waals surface area contributed by atoms with Crippen molar-refractivity contribution in [2.75, 3.05) is 7.11 Å². The van der Waals surface area contributed by atoms with E-state index in [2.05, 4.69) is 5.32 Å². The van der Waals surface area contributed by atoms with E-state index in [1.807, 2.05) is 37.3 Å². The molecule has 1 atom stereocenters. The number of carboxylic acid groups (broad SMARTS) is 1. The predicted octanol–water partition coefficient (Wildman–Crippen LogP) is 2.92. The van der Waals surface area contributed by atoms with Crippen molar-refractivity contribution in [1.82, 2.24) is 5.32 Å². The highest BCUT2D eigenvalue weighted by Crippen LogP contribution is 2.25. The second kappa shape index (κ2) is 6.90. The van der Waals surface area contributed by atoms with E-state index < -0.39 is 12.0 Å². The molecule has 2 rings (SSSR count). The number of methoxy groups -OCH3 is 1. The van der Waals surface area contributed by atoms with Crippen molar-refractivity contribution in [1.29, 1.82) is 0 Å². The van der Waals surface area contributed by atoms with Gasteiger partial charge in [0.25, 0.3) is 0 Å². The Kier molecular flexibility index (Phi) is 4.95. The summed E-state index contributed by atoms with van der Waals surface area (Å²) in [5.41, 5.74) is 2.85. The second-order valence-corrected chi connectivity index (χ2v) is 4.88. The third-order valence-electron chi connectivity index (χ3n) is 3.33. The molecule has 0 radical (unpaired) electrons. The van der Waals surface area contributed by atoms with Crippen molar-refractivity contribution in [3.63, 3.8) is 0 Å². The van der Waals surface area contributed by atoms with E-state index in [0.717, 1.165) is 5.56 Å². The van der Waals surface area contributed by atoms with Crippen LogP contribution in [0.4, 0.5) is 0 Å². The summed E-state index contributed by atoms with van der Waals surface area (Å²) in [5, 5.41) is 12.5. The van der Waals surface area contributed by atoms with Crippen LogP contribution in [0.2, 0.25) is 0 Å². The molecule has 4 nitrogen and oxygen atoms in total. The molecule has 0 aliphatic heterocycles. The van der Waals surface area contributed by atoms with Gasteiger partial charge in [-0.25, -0.2) is 0 Å². The first-order valence-corrected chi connectivity index (χ1v) is 6.76. The second-order valence-electron chi connectivity index (χ2n) is 4.88. The molecule has 2 aromatic carbocycles. The maximum absolute atomic E-state index is 11.5. The largest absolute Gasteiger partial charge is 0.496 e. The van der Waals surface area contributed by atoms with E-state index in [0.29, 0.717) is 17.9 Å². The monoisotopic (exact) mass is 285 g/mol. The number of benzene rings is 2. The number of para-hydroxylation sites is 1. The smallest absolute Gasteiger partial charge is 0.325 e. The topological polar surface area (TPSA) is 58.6 Å². The van der Waals surface area contributed by atoms with Gasteiger partial charge in [0.05, 0.1) is 7.11 Å². The normalized spacial score (nSPS) is 11.9. The molecule has 21 heavy (non-hydrogen) atoms. The summed E-state index contributed by atoms with van der Waals surface area (Å²) >= 11 is 0. The van der Waals surface area contributed by atoms with Gasteiger partial charge >= 0.3 is 5.97 Å². The summed E-state index contributed by atoms with van der Waals surface area (Å²) in [6, 6.07) is 14.3. The average molecular weight is 285 g/mol. The minimum absolute atomic E-state index is 0.481. The number of aliphatic carboxylic acids is 1. The van der Waals surface area contributed by atoms with E-state index in [-0.39, 0.29) is 0 Å². The standard InChI is InChI=1S/C17H19NO3/c1-12-7-9-13(10-8-12)11-18-16(17(19)20)14-5-3-4-6-15(14)21-2/h3-10,16,18H,11H2,1-2H3,(H,19,20). The molecule has 1 unspecified atom stereocenters. The third-order valence-corrected chi connectivity index (χ3v) is 3.33. The van der Waals surface area contributed by atoms with Crippen molar-refractivity contribution in [2.24, 2.45) is 0 Å². The van der Waals surface area contributed by atoms with Crippen LogP contribution in [-0.2, 0) is 11.3 Å². The molecule has 2 aromatic rings. The first-order valence-electron chi connectivity index (χ1n) is 6.76. The number of hydrogen-bond donors (Lipinski definition) is 2. The SMILES string of the molecule is COc1ccccc1C(NCc1ccc(C)cc1)C(=O)O. The lowest BCUT2D eigenvalue weighted by atomic mass is 10.0. The van der Waals surface area contributed by atoms with E-state index in [1.165, 1.54) is 12.7 Å². The van der Waals surface area contributed by atoms with Gasteiger partial charge in [0.15, 0.2) is 0 Å². The van der Waals surface area contributed by atoms with Crippen molar-refractivity contribution in [3.8, 4) is 5.75 Å². The fourth-order valence-electron chi connectivity index (χ4n) is 2.16. The molecule has 2 N–H and O–H groups in total. The minimum atomic E-state index is -0.924. The Hall–Kier alpha value is -2.33. The van der Waals surface area contributed by atoms with Crippen LogP contribution in [0, 0.1) is 6.92 Å². The number of nitrogens with one attached hydrogen (secondary N) is 1. The van der Waals surface area contributed by atoms with Gasteiger partial charge in [0.2, 0.25) is 0 Å². The first kappa shape index (κ1) is 15.1. The molecular weight excluding hydrogens is 266 g/mol. The van der Waals surface area contributed by atoms with Gasteiger partial charge in [0.1, 0.15) is 11.8 Å². The van der Waals surface area contributed by atoms with Crippen LogP contribution in [0.5, 0.6) is 5.75 Å². The van der Waals surface area contributed by atoms with E-state index in [9.17, 15) is 9.90 Å². The number of aryl methyl sites for hydroxylation is 1. The van der Waals surface area contributed by atoms with Crippen LogP contribution in [0.1, 0.15) is 22.7 Å². The number of hydrogen-bond acceptors (Lipinski definition) is 3. The maximum Gasteiger partial charge on any atom is 0.325 e. The minimum Gasteiger partial charge on any atom is -0.496 e. The van der Waals surface area contributed by atoms with Gasteiger partial charge in [-0.15, -0.1) is 0 Å². The van der Waals surface area contributed by atoms with Crippen LogP contribution >= 0.6 is 0 Å². The highest BCUT2D eigenvalue weighted by atomic mass is 16.5. The zero-order chi connectivity index (χ0) is 15.2. The molecule has 0 aliphatic rings. The predicted molar refractivity (Wildman–Crippen MR) is 81.4 cm³/mol. The molecular formula is C17H19NO3. The van der Waals surface area contributed by atoms with Gasteiger partial charge in [-0.2, -0.15) is 0 Å². The average Bonchev–Trinajstić information content (AvgIpc) is 2.49. The molecule has 110 valence electrons. The lowest BCUT2D eigenvalue weighted by Crippen LogP contribution is -2.28. The molecule has 0 aromatic heterocycles. The highest BCUT2D eigenvalue weighted by molar-refractivity contribution is 5.76. The first-order chi connectivity index (χ1) is 10.1. The van der Waals surface area contributed by atoms with Crippen LogP contribution in [0.15, 0.2) is 48.5 Å². The number of rotatable bonds is 6. The van der Waals surface area contributed by atoms with Crippen LogP contribution in [-0.4, -0.2) is 18.2 Å². The van der Waals surface area contributed by atoms with Crippen molar-refractivity contribution < 1.29 is 14.6 Å². The summed E-state index contributed by atoms with van der Waals surface area (Å²) in [6.07, 6.45) is 0. The summed E-state index contributed by atoms with van der Waals surface area (Å²) in [6.45, 7) is 2.50.